The molecule has 12 heteroatoms. The summed E-state index contributed by atoms with van der Waals surface area (Å²) in [6.45, 7) is 1.26. The van der Waals surface area contributed by atoms with Crippen molar-refractivity contribution < 1.29 is 22.7 Å². The van der Waals surface area contributed by atoms with E-state index in [0.29, 0.717) is 23.4 Å². The first-order chi connectivity index (χ1) is 14.1. The van der Waals surface area contributed by atoms with Gasteiger partial charge in [0, 0.05) is 15.6 Å². The highest BCUT2D eigenvalue weighted by molar-refractivity contribution is 6.37. The summed E-state index contributed by atoms with van der Waals surface area (Å²) in [5.41, 5.74) is -1.36. The van der Waals surface area contributed by atoms with E-state index in [9.17, 15) is 22.8 Å². The molecule has 0 saturated heterocycles. The number of carbonyl (C=O) groups is 1. The molecule has 7 nitrogen and oxygen atoms in total. The van der Waals surface area contributed by atoms with Crippen LogP contribution in [0.1, 0.15) is 31.3 Å². The lowest BCUT2D eigenvalue weighted by Crippen LogP contribution is -2.28. The predicted octanol–water partition coefficient (Wildman–Crippen LogP) is 3.88. The molecule has 0 amide bonds. The number of carbonyl (C=O) groups excluding carboxylic acids is 1. The van der Waals surface area contributed by atoms with Crippen molar-refractivity contribution in [2.75, 3.05) is 6.61 Å². The van der Waals surface area contributed by atoms with Gasteiger partial charge in [0.05, 0.1) is 18.5 Å². The Balaban J connectivity index is 2.15. The molecule has 160 valence electrons. The zero-order valence-corrected chi connectivity index (χ0v) is 17.1. The van der Waals surface area contributed by atoms with Crippen LogP contribution in [0.4, 0.5) is 13.2 Å². The average Bonchev–Trinajstić information content (AvgIpc) is 2.97. The van der Waals surface area contributed by atoms with Gasteiger partial charge in [-0.1, -0.05) is 23.2 Å². The number of hydrogen-bond acceptors (Lipinski definition) is 5. The second-order valence-electron chi connectivity index (χ2n) is 6.22. The maximum Gasteiger partial charge on any atom is 0.433 e. The molecule has 0 aromatic carbocycles. The maximum atomic E-state index is 12.9. The predicted molar refractivity (Wildman–Crippen MR) is 103 cm³/mol. The number of allylic oxidation sites excluding steroid dienone is 4. The molecular weight excluding hydrogens is 448 g/mol. The quantitative estimate of drug-likeness (QED) is 0.630. The van der Waals surface area contributed by atoms with Gasteiger partial charge in [0.15, 0.2) is 5.82 Å². The normalized spacial score (nSPS) is 14.7. The monoisotopic (exact) mass is 462 g/mol. The van der Waals surface area contributed by atoms with Crippen LogP contribution in [0.3, 0.4) is 0 Å². The van der Waals surface area contributed by atoms with Crippen molar-refractivity contribution in [1.29, 1.82) is 0 Å². The summed E-state index contributed by atoms with van der Waals surface area (Å²) in [6.07, 6.45) is -1.43. The maximum absolute atomic E-state index is 12.9. The Morgan fingerprint density at radius 1 is 1.27 bits per heavy atom. The van der Waals surface area contributed by atoms with Crippen molar-refractivity contribution in [3.63, 3.8) is 0 Å². The molecule has 1 aliphatic carbocycles. The molecule has 0 bridgehead atoms. The summed E-state index contributed by atoms with van der Waals surface area (Å²) >= 11 is 12.3. The van der Waals surface area contributed by atoms with E-state index in [1.165, 1.54) is 6.08 Å². The fourth-order valence-corrected chi connectivity index (χ4v) is 3.40. The molecule has 2 heterocycles. The van der Waals surface area contributed by atoms with Crippen LogP contribution in [0.5, 0.6) is 0 Å². The average molecular weight is 463 g/mol. The molecule has 0 radical (unpaired) electrons. The fourth-order valence-electron chi connectivity index (χ4n) is 2.83. The molecular formula is C18H15Cl2F3N4O3. The van der Waals surface area contributed by atoms with Crippen LogP contribution in [0.2, 0.25) is 0 Å². The zero-order valence-electron chi connectivity index (χ0n) is 15.5. The van der Waals surface area contributed by atoms with Crippen LogP contribution in [0.15, 0.2) is 39.3 Å². The first kappa shape index (κ1) is 22.1. The van der Waals surface area contributed by atoms with Crippen LogP contribution < -0.4 is 5.69 Å². The number of pyridine rings is 1. The molecule has 0 saturated carbocycles. The number of rotatable bonds is 5. The number of ether oxygens (including phenoxy) is 1. The minimum absolute atomic E-state index is 0.0377. The standard InChI is InChI=1S/C18H15Cl2F3N4O3/c1-2-30-15(28)9-26-17(29)27(11-4-6-14(24-8-11)18(21,22)23)16(25-26)12-5-3-10(19)7-13(12)20/h4,6-8H,2-3,5,9H2,1H3. The van der Waals surface area contributed by atoms with Crippen molar-refractivity contribution in [1.82, 2.24) is 19.3 Å². The molecule has 0 atom stereocenters. The number of nitrogens with zero attached hydrogens (tertiary/aromatic N) is 4. The van der Waals surface area contributed by atoms with E-state index >= 15 is 0 Å². The Bertz CT molecular complexity index is 1090. The minimum Gasteiger partial charge on any atom is -0.465 e. The van der Waals surface area contributed by atoms with E-state index in [-0.39, 0.29) is 23.2 Å². The third-order valence-electron chi connectivity index (χ3n) is 4.18. The first-order valence-electron chi connectivity index (χ1n) is 8.76. The minimum atomic E-state index is -4.63. The van der Waals surface area contributed by atoms with Crippen molar-refractivity contribution >= 4 is 34.7 Å². The van der Waals surface area contributed by atoms with E-state index in [2.05, 4.69) is 10.1 Å². The lowest BCUT2D eigenvalue weighted by Gasteiger charge is -2.14. The van der Waals surface area contributed by atoms with Crippen LogP contribution >= 0.6 is 23.2 Å². The van der Waals surface area contributed by atoms with E-state index in [4.69, 9.17) is 27.9 Å². The van der Waals surface area contributed by atoms with Gasteiger partial charge in [-0.2, -0.15) is 13.2 Å². The summed E-state index contributed by atoms with van der Waals surface area (Å²) in [4.78, 5) is 28.1. The Hall–Kier alpha value is -2.59. The van der Waals surface area contributed by atoms with Gasteiger partial charge in [-0.3, -0.25) is 4.79 Å². The van der Waals surface area contributed by atoms with Gasteiger partial charge >= 0.3 is 17.8 Å². The second-order valence-corrected chi connectivity index (χ2v) is 7.11. The van der Waals surface area contributed by atoms with Crippen LogP contribution in [-0.4, -0.2) is 31.9 Å². The number of halogens is 5. The van der Waals surface area contributed by atoms with Gasteiger partial charge in [0.2, 0.25) is 0 Å². The van der Waals surface area contributed by atoms with E-state index < -0.39 is 30.1 Å². The van der Waals surface area contributed by atoms with E-state index in [1.54, 1.807) is 6.92 Å². The summed E-state index contributed by atoms with van der Waals surface area (Å²) in [5, 5.41) is 4.93. The number of esters is 1. The molecule has 30 heavy (non-hydrogen) atoms. The number of hydrogen-bond donors (Lipinski definition) is 0. The fraction of sp³-hybridized carbons (Fsp3) is 0.333. The molecule has 0 unspecified atom stereocenters. The van der Waals surface area contributed by atoms with Gasteiger partial charge in [0.1, 0.15) is 12.2 Å². The van der Waals surface area contributed by atoms with Crippen LogP contribution in [0.25, 0.3) is 11.3 Å². The molecule has 0 fully saturated rings. The Morgan fingerprint density at radius 2 is 2.00 bits per heavy atom. The highest BCUT2D eigenvalue weighted by atomic mass is 35.5. The molecule has 0 N–H and O–H groups in total. The van der Waals surface area contributed by atoms with Crippen molar-refractivity contribution in [2.24, 2.45) is 0 Å². The second kappa shape index (κ2) is 8.65. The van der Waals surface area contributed by atoms with Gasteiger partial charge in [-0.05, 0) is 38.0 Å². The zero-order chi connectivity index (χ0) is 22.1. The molecule has 0 aliphatic heterocycles. The van der Waals surface area contributed by atoms with Gasteiger partial charge in [0.25, 0.3) is 0 Å². The highest BCUT2D eigenvalue weighted by Crippen LogP contribution is 2.34. The first-order valence-corrected chi connectivity index (χ1v) is 9.51. The Labute approximate surface area is 178 Å². The Morgan fingerprint density at radius 3 is 2.57 bits per heavy atom. The third-order valence-corrected chi connectivity index (χ3v) is 4.81. The topological polar surface area (TPSA) is 79.0 Å². The molecule has 3 rings (SSSR count). The number of aromatic nitrogens is 4. The van der Waals surface area contributed by atoms with Crippen molar-refractivity contribution in [2.45, 2.75) is 32.5 Å². The summed E-state index contributed by atoms with van der Waals surface area (Å²) in [5.74, 6) is -0.607. The lowest BCUT2D eigenvalue weighted by atomic mass is 10.0. The van der Waals surface area contributed by atoms with Crippen LogP contribution in [0, 0.1) is 0 Å². The van der Waals surface area contributed by atoms with Crippen LogP contribution in [-0.2, 0) is 22.3 Å². The summed E-state index contributed by atoms with van der Waals surface area (Å²) < 4.78 is 45.3. The number of alkyl halides is 3. The van der Waals surface area contributed by atoms with Gasteiger partial charge in [-0.25, -0.2) is 19.0 Å². The lowest BCUT2D eigenvalue weighted by molar-refractivity contribution is -0.144. The molecule has 2 aromatic heterocycles. The summed E-state index contributed by atoms with van der Waals surface area (Å²) in [6, 6.07) is 1.85. The van der Waals surface area contributed by atoms with E-state index in [0.717, 1.165) is 27.6 Å². The third kappa shape index (κ3) is 4.59. The Kier molecular flexibility index (Phi) is 6.37. The smallest absolute Gasteiger partial charge is 0.433 e. The molecule has 1 aliphatic rings. The molecule has 2 aromatic rings. The molecule has 0 spiro atoms. The van der Waals surface area contributed by atoms with Crippen molar-refractivity contribution in [3.05, 3.63) is 56.5 Å². The summed E-state index contributed by atoms with van der Waals surface area (Å²) in [7, 11) is 0. The van der Waals surface area contributed by atoms with Gasteiger partial charge in [-0.15, -0.1) is 5.10 Å². The van der Waals surface area contributed by atoms with Gasteiger partial charge < -0.3 is 4.74 Å². The SMILES string of the molecule is CCOC(=O)Cn1nc(C2=C(Cl)C=C(Cl)CC2)n(-c2ccc(C(F)(F)F)nc2)c1=O. The van der Waals surface area contributed by atoms with Crippen molar-refractivity contribution in [3.8, 4) is 5.69 Å². The highest BCUT2D eigenvalue weighted by Gasteiger charge is 2.32. The van der Waals surface area contributed by atoms with E-state index in [1.807, 2.05) is 0 Å². The largest absolute Gasteiger partial charge is 0.465 e.